The molecule has 3 aromatic rings. The molecule has 0 aliphatic carbocycles. The zero-order valence-corrected chi connectivity index (χ0v) is 10.7. The van der Waals surface area contributed by atoms with Gasteiger partial charge in [0.05, 0.1) is 0 Å². The number of hydrogen-bond donors (Lipinski definition) is 1. The minimum atomic E-state index is 0.841. The first kappa shape index (κ1) is 10.6. The second-order valence-corrected chi connectivity index (χ2v) is 5.65. The van der Waals surface area contributed by atoms with E-state index in [0.717, 1.165) is 11.3 Å². The summed E-state index contributed by atoms with van der Waals surface area (Å²) in [5.41, 5.74) is 9.25. The summed E-state index contributed by atoms with van der Waals surface area (Å²) in [7, 11) is 0. The largest absolute Gasteiger partial charge is 0.398 e. The van der Waals surface area contributed by atoms with Gasteiger partial charge < -0.3 is 5.73 Å². The normalized spacial score (nSPS) is 10.6. The molecule has 0 spiro atoms. The Morgan fingerprint density at radius 3 is 2.18 bits per heavy atom. The summed E-state index contributed by atoms with van der Waals surface area (Å²) in [6, 6.07) is 14.6. The van der Waals surface area contributed by atoms with Gasteiger partial charge in [0.1, 0.15) is 0 Å². The molecule has 0 radical (unpaired) electrons. The van der Waals surface area contributed by atoms with Crippen LogP contribution in [-0.2, 0) is 0 Å². The van der Waals surface area contributed by atoms with Crippen LogP contribution in [0.25, 0.3) is 20.9 Å². The zero-order chi connectivity index (χ0) is 11.7. The molecule has 0 bridgehead atoms. The molecule has 0 fully saturated rings. The number of hydrogen-bond acceptors (Lipinski definition) is 3. The molecule has 3 rings (SSSR count). The highest BCUT2D eigenvalue weighted by Gasteiger charge is 2.06. The van der Waals surface area contributed by atoms with Crippen molar-refractivity contribution in [2.45, 2.75) is 0 Å². The van der Waals surface area contributed by atoms with Gasteiger partial charge in [-0.25, -0.2) is 0 Å². The highest BCUT2D eigenvalue weighted by Crippen LogP contribution is 2.34. The average molecular weight is 257 g/mol. The molecule has 1 nitrogen and oxygen atoms in total. The van der Waals surface area contributed by atoms with Gasteiger partial charge in [0.2, 0.25) is 0 Å². The van der Waals surface area contributed by atoms with Gasteiger partial charge in [0.25, 0.3) is 0 Å². The van der Waals surface area contributed by atoms with Gasteiger partial charge in [-0.1, -0.05) is 18.2 Å². The van der Waals surface area contributed by atoms with Gasteiger partial charge in [-0.3, -0.25) is 0 Å². The second kappa shape index (κ2) is 4.35. The number of rotatable bonds is 2. The number of anilines is 1. The van der Waals surface area contributed by atoms with E-state index in [1.165, 1.54) is 15.3 Å². The predicted molar refractivity (Wildman–Crippen MR) is 77.5 cm³/mol. The average Bonchev–Trinajstić information content (AvgIpc) is 3.03. The van der Waals surface area contributed by atoms with Crippen LogP contribution in [0.1, 0.15) is 0 Å². The quantitative estimate of drug-likeness (QED) is 0.660. The van der Waals surface area contributed by atoms with Crippen molar-refractivity contribution in [1.82, 2.24) is 0 Å². The van der Waals surface area contributed by atoms with Gasteiger partial charge in [0, 0.05) is 21.0 Å². The Kier molecular flexibility index (Phi) is 2.71. The molecule has 2 aromatic heterocycles. The van der Waals surface area contributed by atoms with Crippen molar-refractivity contribution in [1.29, 1.82) is 0 Å². The molecule has 2 N–H and O–H groups in total. The summed E-state index contributed by atoms with van der Waals surface area (Å²) in [5.74, 6) is 0. The first-order chi connectivity index (χ1) is 8.34. The van der Waals surface area contributed by atoms with Crippen LogP contribution >= 0.6 is 22.7 Å². The summed E-state index contributed by atoms with van der Waals surface area (Å²) >= 11 is 3.47. The Balaban J connectivity index is 2.13. The van der Waals surface area contributed by atoms with Crippen LogP contribution in [0.5, 0.6) is 0 Å². The summed E-state index contributed by atoms with van der Waals surface area (Å²) in [6.07, 6.45) is 0. The molecule has 0 saturated carbocycles. The lowest BCUT2D eigenvalue weighted by Gasteiger charge is -2.06. The first-order valence-electron chi connectivity index (χ1n) is 5.32. The van der Waals surface area contributed by atoms with Gasteiger partial charge in [-0.15, -0.1) is 22.7 Å². The molecule has 0 aliphatic heterocycles. The molecule has 0 aliphatic rings. The van der Waals surface area contributed by atoms with Crippen molar-refractivity contribution >= 4 is 28.4 Å². The molecule has 2 heterocycles. The summed E-state index contributed by atoms with van der Waals surface area (Å²) < 4.78 is 0. The van der Waals surface area contributed by atoms with E-state index in [9.17, 15) is 0 Å². The van der Waals surface area contributed by atoms with Crippen molar-refractivity contribution in [2.75, 3.05) is 5.73 Å². The predicted octanol–water partition coefficient (Wildman–Crippen LogP) is 4.73. The molecular weight excluding hydrogens is 246 g/mol. The molecule has 3 heteroatoms. The van der Waals surface area contributed by atoms with E-state index in [0.29, 0.717) is 0 Å². The maximum Gasteiger partial charge on any atom is 0.0402 e. The maximum absolute atomic E-state index is 6.04. The van der Waals surface area contributed by atoms with Crippen molar-refractivity contribution in [3.05, 3.63) is 53.2 Å². The number of nitrogen functional groups attached to an aromatic ring is 1. The van der Waals surface area contributed by atoms with Crippen LogP contribution in [0.4, 0.5) is 5.69 Å². The second-order valence-electron chi connectivity index (χ2n) is 3.76. The molecule has 0 saturated heterocycles. The van der Waals surface area contributed by atoms with Crippen molar-refractivity contribution in [2.24, 2.45) is 0 Å². The fourth-order valence-corrected chi connectivity index (χ4v) is 3.29. The molecule has 0 unspecified atom stereocenters. The van der Waals surface area contributed by atoms with Crippen LogP contribution in [0, 0.1) is 0 Å². The third-order valence-corrected chi connectivity index (χ3v) is 4.47. The van der Waals surface area contributed by atoms with Crippen LogP contribution in [0.3, 0.4) is 0 Å². The summed E-state index contributed by atoms with van der Waals surface area (Å²) in [5, 5.41) is 4.17. The lowest BCUT2D eigenvalue weighted by atomic mass is 10.1. The minimum absolute atomic E-state index is 0.841. The van der Waals surface area contributed by atoms with Crippen LogP contribution in [-0.4, -0.2) is 0 Å². The number of benzene rings is 1. The van der Waals surface area contributed by atoms with Crippen molar-refractivity contribution < 1.29 is 0 Å². The van der Waals surface area contributed by atoms with Crippen LogP contribution in [0.2, 0.25) is 0 Å². The monoisotopic (exact) mass is 257 g/mol. The van der Waals surface area contributed by atoms with Crippen LogP contribution in [0.15, 0.2) is 53.2 Å². The Morgan fingerprint density at radius 1 is 0.824 bits per heavy atom. The van der Waals surface area contributed by atoms with E-state index < -0.39 is 0 Å². The third kappa shape index (κ3) is 1.99. The van der Waals surface area contributed by atoms with Crippen molar-refractivity contribution in [3.63, 3.8) is 0 Å². The Labute approximate surface area is 108 Å². The minimum Gasteiger partial charge on any atom is -0.398 e. The van der Waals surface area contributed by atoms with E-state index in [2.05, 4.69) is 47.2 Å². The van der Waals surface area contributed by atoms with E-state index >= 15 is 0 Å². The maximum atomic E-state index is 6.04. The topological polar surface area (TPSA) is 26.0 Å². The van der Waals surface area contributed by atoms with Gasteiger partial charge in [-0.2, -0.15) is 0 Å². The summed E-state index contributed by atoms with van der Waals surface area (Å²) in [6.45, 7) is 0. The number of nitrogens with two attached hydrogens (primary N) is 1. The zero-order valence-electron chi connectivity index (χ0n) is 9.09. The molecule has 0 amide bonds. The first-order valence-corrected chi connectivity index (χ1v) is 7.08. The highest BCUT2D eigenvalue weighted by molar-refractivity contribution is 7.14. The van der Waals surface area contributed by atoms with Crippen molar-refractivity contribution in [3.8, 4) is 20.9 Å². The van der Waals surface area contributed by atoms with Crippen LogP contribution < -0.4 is 5.73 Å². The van der Waals surface area contributed by atoms with Gasteiger partial charge in [0.15, 0.2) is 0 Å². The highest BCUT2D eigenvalue weighted by atomic mass is 32.1. The molecule has 0 atom stereocenters. The number of thiophene rings is 2. The Hall–Kier alpha value is -1.58. The lowest BCUT2D eigenvalue weighted by molar-refractivity contribution is 1.67. The molecular formula is C14H11NS2. The fraction of sp³-hybridized carbons (Fsp3) is 0. The summed E-state index contributed by atoms with van der Waals surface area (Å²) in [4.78, 5) is 2.50. The Morgan fingerprint density at radius 2 is 1.53 bits per heavy atom. The standard InChI is InChI=1S/C14H11NS2/c15-12-6-5-10(13-3-1-7-16-13)9-11(12)14-4-2-8-17-14/h1-9H,15H2. The van der Waals surface area contributed by atoms with E-state index in [1.54, 1.807) is 22.7 Å². The van der Waals surface area contributed by atoms with Gasteiger partial charge in [-0.05, 0) is 40.6 Å². The lowest BCUT2D eigenvalue weighted by Crippen LogP contribution is -1.88. The molecule has 17 heavy (non-hydrogen) atoms. The Bertz CT molecular complexity index is 610. The molecule has 84 valence electrons. The van der Waals surface area contributed by atoms with E-state index in [1.807, 2.05) is 6.07 Å². The SMILES string of the molecule is Nc1ccc(-c2cccs2)cc1-c1cccs1. The smallest absolute Gasteiger partial charge is 0.0402 e. The van der Waals surface area contributed by atoms with E-state index in [4.69, 9.17) is 5.73 Å². The fourth-order valence-electron chi connectivity index (χ4n) is 1.80. The van der Waals surface area contributed by atoms with Gasteiger partial charge >= 0.3 is 0 Å². The third-order valence-electron chi connectivity index (χ3n) is 2.65. The molecule has 1 aromatic carbocycles. The van der Waals surface area contributed by atoms with E-state index in [-0.39, 0.29) is 0 Å².